The Hall–Kier alpha value is -2.01. The summed E-state index contributed by atoms with van der Waals surface area (Å²) in [5, 5.41) is 2.80. The number of benzene rings is 1. The summed E-state index contributed by atoms with van der Waals surface area (Å²) in [6.45, 7) is 5.24. The Labute approximate surface area is 125 Å². The number of carbonyl (C=O) groups excluding carboxylic acids is 1. The van der Waals surface area contributed by atoms with Crippen LogP contribution in [-0.2, 0) is 9.53 Å². The van der Waals surface area contributed by atoms with Crippen molar-refractivity contribution in [2.45, 2.75) is 0 Å². The zero-order valence-corrected chi connectivity index (χ0v) is 12.3. The van der Waals surface area contributed by atoms with Gasteiger partial charge in [0.05, 0.1) is 6.54 Å². The molecule has 0 saturated carbocycles. The highest BCUT2D eigenvalue weighted by atomic mass is 16.5. The molecule has 1 amide bonds. The molecule has 2 fully saturated rings. The molecule has 2 saturated heterocycles. The summed E-state index contributed by atoms with van der Waals surface area (Å²) >= 11 is 0. The van der Waals surface area contributed by atoms with Gasteiger partial charge < -0.3 is 19.9 Å². The lowest BCUT2D eigenvalue weighted by Gasteiger charge is -2.35. The third-order valence-corrected chi connectivity index (χ3v) is 3.94. The Balaban J connectivity index is 1.85. The van der Waals surface area contributed by atoms with E-state index in [1.54, 1.807) is 0 Å². The molecule has 0 atom stereocenters. The quantitative estimate of drug-likeness (QED) is 0.822. The van der Waals surface area contributed by atoms with Crippen LogP contribution in [0.15, 0.2) is 30.0 Å². The van der Waals surface area contributed by atoms with Crippen LogP contribution < -0.4 is 10.2 Å². The topological polar surface area (TPSA) is 44.8 Å². The summed E-state index contributed by atoms with van der Waals surface area (Å²) < 4.78 is 5.48. The lowest BCUT2D eigenvalue weighted by Crippen LogP contribution is -2.44. The minimum Gasteiger partial charge on any atom is -0.486 e. The van der Waals surface area contributed by atoms with Gasteiger partial charge in [-0.2, -0.15) is 0 Å². The highest BCUT2D eigenvalue weighted by Crippen LogP contribution is 2.24. The van der Waals surface area contributed by atoms with Crippen molar-refractivity contribution in [3.63, 3.8) is 0 Å². The average molecular weight is 287 g/mol. The van der Waals surface area contributed by atoms with Crippen LogP contribution in [0, 0.1) is 0 Å². The predicted octanol–water partition coefficient (Wildman–Crippen LogP) is 0.926. The van der Waals surface area contributed by atoms with Gasteiger partial charge in [0.1, 0.15) is 6.61 Å². The molecule has 21 heavy (non-hydrogen) atoms. The van der Waals surface area contributed by atoms with Crippen molar-refractivity contribution in [2.24, 2.45) is 0 Å². The minimum atomic E-state index is -0.130. The summed E-state index contributed by atoms with van der Waals surface area (Å²) in [7, 11) is 2.14. The van der Waals surface area contributed by atoms with Crippen LogP contribution in [0.4, 0.5) is 5.69 Å². The number of carbonyl (C=O) groups is 1. The molecule has 1 aromatic carbocycles. The molecule has 112 valence electrons. The first kappa shape index (κ1) is 13.9. The molecule has 5 heteroatoms. The molecule has 5 nitrogen and oxygen atoms in total. The van der Waals surface area contributed by atoms with Crippen LogP contribution in [0.25, 0.3) is 6.08 Å². The predicted molar refractivity (Wildman–Crippen MR) is 83.1 cm³/mol. The fourth-order valence-corrected chi connectivity index (χ4v) is 2.67. The number of morpholine rings is 1. The maximum absolute atomic E-state index is 11.8. The Kier molecular flexibility index (Phi) is 4.10. The molecule has 0 spiro atoms. The third-order valence-electron chi connectivity index (χ3n) is 3.94. The zero-order chi connectivity index (χ0) is 14.7. The van der Waals surface area contributed by atoms with Gasteiger partial charge in [0.25, 0.3) is 5.91 Å². The molecular weight excluding hydrogens is 266 g/mol. The number of nitrogens with zero attached hydrogens (tertiary/aromatic N) is 2. The van der Waals surface area contributed by atoms with Crippen molar-refractivity contribution >= 4 is 17.7 Å². The van der Waals surface area contributed by atoms with E-state index < -0.39 is 0 Å². The van der Waals surface area contributed by atoms with Crippen molar-refractivity contribution in [3.05, 3.63) is 35.6 Å². The van der Waals surface area contributed by atoms with E-state index in [-0.39, 0.29) is 5.91 Å². The van der Waals surface area contributed by atoms with Gasteiger partial charge in [-0.15, -0.1) is 0 Å². The van der Waals surface area contributed by atoms with Crippen LogP contribution in [0.1, 0.15) is 5.56 Å². The number of likely N-dealkylation sites (N-methyl/N-ethyl adjacent to an activating group) is 1. The molecule has 0 unspecified atom stereocenters. The molecule has 1 N–H and O–H groups in total. The number of nitrogens with one attached hydrogen (secondary N) is 1. The van der Waals surface area contributed by atoms with Gasteiger partial charge in [-0.25, -0.2) is 0 Å². The first-order valence-corrected chi connectivity index (χ1v) is 7.39. The summed E-state index contributed by atoms with van der Waals surface area (Å²) in [5.41, 5.74) is 2.20. The van der Waals surface area contributed by atoms with Crippen LogP contribution in [0.5, 0.6) is 0 Å². The van der Waals surface area contributed by atoms with E-state index in [1.807, 2.05) is 24.3 Å². The van der Waals surface area contributed by atoms with E-state index in [9.17, 15) is 4.79 Å². The monoisotopic (exact) mass is 287 g/mol. The molecule has 0 bridgehead atoms. The molecule has 2 aliphatic rings. The number of para-hydroxylation sites is 1. The Morgan fingerprint density at radius 3 is 2.71 bits per heavy atom. The van der Waals surface area contributed by atoms with E-state index in [4.69, 9.17) is 4.74 Å². The maximum atomic E-state index is 11.8. The molecule has 2 aliphatic heterocycles. The second-order valence-electron chi connectivity index (χ2n) is 5.46. The number of amides is 1. The fourth-order valence-electron chi connectivity index (χ4n) is 2.67. The van der Waals surface area contributed by atoms with E-state index in [0.29, 0.717) is 18.9 Å². The molecule has 0 aliphatic carbocycles. The van der Waals surface area contributed by atoms with E-state index in [2.05, 4.69) is 28.2 Å². The Morgan fingerprint density at radius 1 is 1.19 bits per heavy atom. The smallest absolute Gasteiger partial charge is 0.286 e. The van der Waals surface area contributed by atoms with Gasteiger partial charge in [-0.1, -0.05) is 18.2 Å². The summed E-state index contributed by atoms with van der Waals surface area (Å²) in [6, 6.07) is 8.18. The van der Waals surface area contributed by atoms with Gasteiger partial charge in [-0.05, 0) is 19.2 Å². The van der Waals surface area contributed by atoms with Gasteiger partial charge in [0.15, 0.2) is 5.76 Å². The fraction of sp³-hybridized carbons (Fsp3) is 0.438. The second kappa shape index (κ2) is 6.18. The van der Waals surface area contributed by atoms with Crippen molar-refractivity contribution < 1.29 is 9.53 Å². The first-order valence-electron chi connectivity index (χ1n) is 7.39. The lowest BCUT2D eigenvalue weighted by molar-refractivity contribution is -0.123. The van der Waals surface area contributed by atoms with E-state index >= 15 is 0 Å². The number of ether oxygens (including phenoxy) is 1. The maximum Gasteiger partial charge on any atom is 0.286 e. The van der Waals surface area contributed by atoms with Crippen LogP contribution in [0.3, 0.4) is 0 Å². The van der Waals surface area contributed by atoms with Gasteiger partial charge in [-0.3, -0.25) is 4.79 Å². The Bertz CT molecular complexity index is 548. The van der Waals surface area contributed by atoms with Crippen molar-refractivity contribution in [1.82, 2.24) is 10.2 Å². The number of hydrogen-bond donors (Lipinski definition) is 1. The first-order chi connectivity index (χ1) is 10.2. The van der Waals surface area contributed by atoms with Crippen LogP contribution in [0.2, 0.25) is 0 Å². The lowest BCUT2D eigenvalue weighted by atomic mass is 10.1. The molecule has 0 radical (unpaired) electrons. The molecule has 0 aromatic heterocycles. The van der Waals surface area contributed by atoms with Crippen molar-refractivity contribution in [1.29, 1.82) is 0 Å². The molecular formula is C16H21N3O2. The number of hydrogen-bond acceptors (Lipinski definition) is 4. The number of rotatable bonds is 2. The number of anilines is 1. The highest BCUT2D eigenvalue weighted by Gasteiger charge is 2.19. The van der Waals surface area contributed by atoms with Gasteiger partial charge >= 0.3 is 0 Å². The minimum absolute atomic E-state index is 0.130. The summed E-state index contributed by atoms with van der Waals surface area (Å²) in [5.74, 6) is 0.275. The van der Waals surface area contributed by atoms with Crippen molar-refractivity contribution in [2.75, 3.05) is 51.3 Å². The molecule has 2 heterocycles. The largest absolute Gasteiger partial charge is 0.486 e. The summed E-state index contributed by atoms with van der Waals surface area (Å²) in [6.07, 6.45) is 1.85. The van der Waals surface area contributed by atoms with E-state index in [1.165, 1.54) is 5.69 Å². The van der Waals surface area contributed by atoms with E-state index in [0.717, 1.165) is 31.7 Å². The summed E-state index contributed by atoms with van der Waals surface area (Å²) in [4.78, 5) is 16.5. The second-order valence-corrected chi connectivity index (χ2v) is 5.46. The zero-order valence-electron chi connectivity index (χ0n) is 12.3. The van der Waals surface area contributed by atoms with Gasteiger partial charge in [0.2, 0.25) is 0 Å². The highest BCUT2D eigenvalue weighted by molar-refractivity contribution is 5.97. The Morgan fingerprint density at radius 2 is 1.95 bits per heavy atom. The SMILES string of the molecule is CN1CCN(c2ccccc2C=C2OCCNC2=O)CC1. The van der Waals surface area contributed by atoms with Crippen LogP contribution in [-0.4, -0.2) is 57.2 Å². The molecule has 3 rings (SSSR count). The number of piperazine rings is 1. The van der Waals surface area contributed by atoms with Crippen molar-refractivity contribution in [3.8, 4) is 0 Å². The standard InChI is InChI=1S/C16H21N3O2/c1-18-7-9-19(10-8-18)14-5-3-2-4-13(14)12-15-16(20)17-6-11-21-15/h2-5,12H,6-11H2,1H3,(H,17,20). The third kappa shape index (κ3) is 3.19. The van der Waals surface area contributed by atoms with Crippen LogP contribution >= 0.6 is 0 Å². The normalized spacial score (nSPS) is 22.0. The molecule has 1 aromatic rings. The van der Waals surface area contributed by atoms with Gasteiger partial charge in [0, 0.05) is 37.4 Å². The average Bonchev–Trinajstić information content (AvgIpc) is 2.51.